The Labute approximate surface area is 181 Å². The van der Waals surface area contributed by atoms with E-state index in [4.69, 9.17) is 4.42 Å². The van der Waals surface area contributed by atoms with E-state index in [1.165, 1.54) is 0 Å². The molecule has 0 unspecified atom stereocenters. The molecule has 0 aliphatic rings. The van der Waals surface area contributed by atoms with Crippen molar-refractivity contribution in [3.05, 3.63) is 76.6 Å². The maximum absolute atomic E-state index is 12.0. The van der Waals surface area contributed by atoms with Crippen LogP contribution < -0.4 is 16.2 Å². The predicted octanol–water partition coefficient (Wildman–Crippen LogP) is 3.79. The first-order valence-corrected chi connectivity index (χ1v) is 10.2. The fourth-order valence-corrected chi connectivity index (χ4v) is 3.66. The molecular weight excluding hydrogens is 408 g/mol. The van der Waals surface area contributed by atoms with Gasteiger partial charge >= 0.3 is 6.03 Å². The van der Waals surface area contributed by atoms with Crippen LogP contribution in [0.4, 0.5) is 10.7 Å². The number of aromatic nitrogens is 4. The van der Waals surface area contributed by atoms with Gasteiger partial charge in [0.25, 0.3) is 5.56 Å². The number of anilines is 1. The minimum Gasteiger partial charge on any atom is -0.468 e. The van der Waals surface area contributed by atoms with Crippen LogP contribution in [0.15, 0.2) is 64.0 Å². The lowest BCUT2D eigenvalue weighted by atomic mass is 10.1. The lowest BCUT2D eigenvalue weighted by Crippen LogP contribution is -2.28. The van der Waals surface area contributed by atoms with Crippen molar-refractivity contribution in [2.45, 2.75) is 13.3 Å². The second-order valence-corrected chi connectivity index (χ2v) is 7.33. The second kappa shape index (κ2) is 8.03. The van der Waals surface area contributed by atoms with Crippen molar-refractivity contribution in [2.75, 3.05) is 11.9 Å². The zero-order chi connectivity index (χ0) is 22.1. The number of carbonyl (C=O) groups excluding carboxylic acids is 1. The highest BCUT2D eigenvalue weighted by Crippen LogP contribution is 2.27. The van der Waals surface area contributed by atoms with Gasteiger partial charge in [0.2, 0.25) is 5.95 Å². The summed E-state index contributed by atoms with van der Waals surface area (Å²) in [6.07, 6.45) is 2.14. The highest BCUT2D eigenvalue weighted by atomic mass is 16.3. The van der Waals surface area contributed by atoms with Gasteiger partial charge in [-0.15, -0.1) is 0 Å². The third kappa shape index (κ3) is 3.71. The zero-order valence-electron chi connectivity index (χ0n) is 17.2. The lowest BCUT2D eigenvalue weighted by Gasteiger charge is -2.02. The predicted molar refractivity (Wildman–Crippen MR) is 122 cm³/mol. The van der Waals surface area contributed by atoms with Crippen LogP contribution in [0.5, 0.6) is 0 Å². The number of imidazole rings is 1. The molecule has 160 valence electrons. The van der Waals surface area contributed by atoms with E-state index in [-0.39, 0.29) is 11.6 Å². The van der Waals surface area contributed by atoms with Gasteiger partial charge in [-0.25, -0.2) is 14.9 Å². The van der Waals surface area contributed by atoms with Gasteiger partial charge in [0.1, 0.15) is 5.76 Å². The van der Waals surface area contributed by atoms with Crippen molar-refractivity contribution < 1.29 is 9.21 Å². The molecule has 0 saturated carbocycles. The highest BCUT2D eigenvalue weighted by molar-refractivity contribution is 5.90. The summed E-state index contributed by atoms with van der Waals surface area (Å²) in [4.78, 5) is 31.2. The largest absolute Gasteiger partial charge is 0.468 e. The van der Waals surface area contributed by atoms with Gasteiger partial charge in [-0.1, -0.05) is 24.3 Å². The van der Waals surface area contributed by atoms with Gasteiger partial charge in [0.15, 0.2) is 0 Å². The minimum absolute atomic E-state index is 0.210. The van der Waals surface area contributed by atoms with Crippen LogP contribution >= 0.6 is 0 Å². The maximum Gasteiger partial charge on any atom is 0.321 e. The van der Waals surface area contributed by atoms with Crippen molar-refractivity contribution in [3.63, 3.8) is 0 Å². The first-order valence-electron chi connectivity index (χ1n) is 10.2. The number of urea groups is 1. The summed E-state index contributed by atoms with van der Waals surface area (Å²) in [5.74, 6) is 1.11. The number of fused-ring (bicyclic) bond motifs is 2. The molecule has 0 spiro atoms. The highest BCUT2D eigenvalue weighted by Gasteiger charge is 2.12. The summed E-state index contributed by atoms with van der Waals surface area (Å²) in [6.45, 7) is 2.38. The molecule has 0 saturated heterocycles. The second-order valence-electron chi connectivity index (χ2n) is 7.33. The molecule has 0 atom stereocenters. The molecule has 0 fully saturated rings. The van der Waals surface area contributed by atoms with Crippen molar-refractivity contribution >= 4 is 33.8 Å². The number of carbonyl (C=O) groups is 1. The van der Waals surface area contributed by atoms with Crippen LogP contribution in [0.1, 0.15) is 18.4 Å². The van der Waals surface area contributed by atoms with E-state index in [1.54, 1.807) is 12.3 Å². The third-order valence-electron chi connectivity index (χ3n) is 5.15. The summed E-state index contributed by atoms with van der Waals surface area (Å²) in [5, 5.41) is 13.5. The Morgan fingerprint density at radius 1 is 1.09 bits per heavy atom. The molecule has 9 heteroatoms. The maximum atomic E-state index is 12.0. The van der Waals surface area contributed by atoms with Gasteiger partial charge in [0.05, 0.1) is 34.8 Å². The van der Waals surface area contributed by atoms with E-state index in [9.17, 15) is 9.59 Å². The van der Waals surface area contributed by atoms with Crippen LogP contribution in [0.25, 0.3) is 32.9 Å². The van der Waals surface area contributed by atoms with E-state index >= 15 is 0 Å². The molecule has 4 N–H and O–H groups in total. The molecule has 32 heavy (non-hydrogen) atoms. The Morgan fingerprint density at radius 3 is 2.78 bits per heavy atom. The molecule has 0 radical (unpaired) electrons. The van der Waals surface area contributed by atoms with E-state index in [0.29, 0.717) is 24.3 Å². The summed E-state index contributed by atoms with van der Waals surface area (Å²) >= 11 is 0. The first kappa shape index (κ1) is 19.6. The average molecular weight is 428 g/mol. The van der Waals surface area contributed by atoms with Gasteiger partial charge < -0.3 is 14.7 Å². The standard InChI is InChI=1S/C23H20N6O3/c1-2-24-23(31)27-22-25-18-8-7-13(10-20(18)26-22)14-9-15(32-12-14)11-19-16-5-3-4-6-17(16)21(30)29-28-19/h3-10,12H,2,11H2,1H3,(H,29,30)(H3,24,25,26,27,31). The lowest BCUT2D eigenvalue weighted by molar-refractivity contribution is 0.252. The van der Waals surface area contributed by atoms with Crippen LogP contribution in [-0.4, -0.2) is 32.7 Å². The smallest absolute Gasteiger partial charge is 0.321 e. The SMILES string of the molecule is CCNC(=O)Nc1nc2ccc(-c3coc(Cc4n[nH]c(=O)c5ccccc45)c3)cc2[nH]1. The van der Waals surface area contributed by atoms with Crippen LogP contribution in [-0.2, 0) is 6.42 Å². The van der Waals surface area contributed by atoms with Gasteiger partial charge in [0, 0.05) is 17.5 Å². The molecule has 9 nitrogen and oxygen atoms in total. The van der Waals surface area contributed by atoms with E-state index in [2.05, 4.69) is 30.8 Å². The fourth-order valence-electron chi connectivity index (χ4n) is 3.66. The summed E-state index contributed by atoms with van der Waals surface area (Å²) in [7, 11) is 0. The molecule has 0 aliphatic heterocycles. The minimum atomic E-state index is -0.311. The number of nitrogens with zero attached hydrogens (tertiary/aromatic N) is 2. The molecular formula is C23H20N6O3. The van der Waals surface area contributed by atoms with Gasteiger partial charge in [-0.05, 0) is 36.8 Å². The van der Waals surface area contributed by atoms with E-state index in [0.717, 1.165) is 39.0 Å². The monoisotopic (exact) mass is 428 g/mol. The number of nitrogens with one attached hydrogen (secondary N) is 4. The first-order chi connectivity index (χ1) is 15.6. The number of benzene rings is 2. The third-order valence-corrected chi connectivity index (χ3v) is 5.15. The number of H-pyrrole nitrogens is 2. The molecule has 2 amide bonds. The molecule has 2 aromatic carbocycles. The number of hydrogen-bond acceptors (Lipinski definition) is 5. The molecule has 3 aromatic heterocycles. The summed E-state index contributed by atoms with van der Waals surface area (Å²) < 4.78 is 5.78. The van der Waals surface area contributed by atoms with Crippen molar-refractivity contribution in [1.29, 1.82) is 0 Å². The Hall–Kier alpha value is -4.40. The number of furan rings is 1. The van der Waals surface area contributed by atoms with Crippen molar-refractivity contribution in [1.82, 2.24) is 25.5 Å². The Morgan fingerprint density at radius 2 is 1.94 bits per heavy atom. The van der Waals surface area contributed by atoms with E-state index in [1.807, 2.05) is 49.4 Å². The number of aromatic amines is 2. The molecule has 3 heterocycles. The fraction of sp³-hybridized carbons (Fsp3) is 0.130. The summed E-state index contributed by atoms with van der Waals surface area (Å²) in [6, 6.07) is 14.8. The van der Waals surface area contributed by atoms with Crippen LogP contribution in [0, 0.1) is 0 Å². The normalized spacial score (nSPS) is 11.2. The number of amides is 2. The topological polar surface area (TPSA) is 129 Å². The Balaban J connectivity index is 1.40. The van der Waals surface area contributed by atoms with E-state index < -0.39 is 0 Å². The van der Waals surface area contributed by atoms with Gasteiger partial charge in [-0.3, -0.25) is 10.1 Å². The molecule has 5 aromatic rings. The number of rotatable bonds is 5. The van der Waals surface area contributed by atoms with Crippen LogP contribution in [0.2, 0.25) is 0 Å². The summed E-state index contributed by atoms with van der Waals surface area (Å²) in [5.41, 5.74) is 3.92. The zero-order valence-corrected chi connectivity index (χ0v) is 17.2. The average Bonchev–Trinajstić information content (AvgIpc) is 3.42. The van der Waals surface area contributed by atoms with Crippen molar-refractivity contribution in [3.8, 4) is 11.1 Å². The van der Waals surface area contributed by atoms with Crippen molar-refractivity contribution in [2.24, 2.45) is 0 Å². The Kier molecular flexibility index (Phi) is 4.91. The number of hydrogen-bond donors (Lipinski definition) is 4. The molecule has 5 rings (SSSR count). The molecule has 0 aliphatic carbocycles. The Bertz CT molecular complexity index is 1500. The van der Waals surface area contributed by atoms with Crippen LogP contribution in [0.3, 0.4) is 0 Å². The quantitative estimate of drug-likeness (QED) is 0.338. The van der Waals surface area contributed by atoms with Gasteiger partial charge in [-0.2, -0.15) is 5.10 Å². The molecule has 0 bridgehead atoms.